The third-order valence-electron chi connectivity index (χ3n) is 3.48. The zero-order valence-electron chi connectivity index (χ0n) is 9.77. The second-order valence-electron chi connectivity index (χ2n) is 4.59. The van der Waals surface area contributed by atoms with Gasteiger partial charge in [-0.25, -0.2) is 9.97 Å². The summed E-state index contributed by atoms with van der Waals surface area (Å²) in [7, 11) is 0. The molecule has 1 heterocycles. The van der Waals surface area contributed by atoms with E-state index in [0.717, 1.165) is 18.8 Å². The number of aliphatic hydroxyl groups excluding tert-OH is 1. The van der Waals surface area contributed by atoms with Gasteiger partial charge in [0, 0.05) is 19.2 Å². The van der Waals surface area contributed by atoms with E-state index in [1.165, 1.54) is 25.6 Å². The third kappa shape index (κ3) is 3.54. The number of nitrogens with zero attached hydrogens (tertiary/aromatic N) is 2. The van der Waals surface area contributed by atoms with Gasteiger partial charge in [-0.1, -0.05) is 24.4 Å². The van der Waals surface area contributed by atoms with E-state index >= 15 is 0 Å². The molecule has 2 unspecified atom stereocenters. The molecule has 4 nitrogen and oxygen atoms in total. The number of hydrogen-bond acceptors (Lipinski definition) is 4. The average Bonchev–Trinajstić information content (AvgIpc) is 2.37. The van der Waals surface area contributed by atoms with Gasteiger partial charge in [-0.2, -0.15) is 0 Å². The first-order valence-electron chi connectivity index (χ1n) is 6.12. The van der Waals surface area contributed by atoms with Gasteiger partial charge in [-0.15, -0.1) is 0 Å². The predicted octanol–water partition coefficient (Wildman–Crippen LogP) is 2.34. The van der Waals surface area contributed by atoms with Gasteiger partial charge < -0.3 is 10.4 Å². The van der Waals surface area contributed by atoms with Crippen LogP contribution in [-0.2, 0) is 0 Å². The van der Waals surface area contributed by atoms with E-state index in [1.54, 1.807) is 6.07 Å². The Labute approximate surface area is 106 Å². The van der Waals surface area contributed by atoms with Crippen molar-refractivity contribution >= 4 is 17.4 Å². The lowest BCUT2D eigenvalue weighted by Gasteiger charge is -2.30. The Morgan fingerprint density at radius 3 is 2.76 bits per heavy atom. The molecule has 1 fully saturated rings. The molecular weight excluding hydrogens is 238 g/mol. The molecule has 5 heteroatoms. The standard InChI is InChI=1S/C12H18ClN3O/c13-11-5-12(16-8-15-11)14-6-9-3-1-2-4-10(9)7-17/h5,8-10,17H,1-4,6-7H2,(H,14,15,16). The van der Waals surface area contributed by atoms with Gasteiger partial charge >= 0.3 is 0 Å². The molecule has 0 saturated heterocycles. The van der Waals surface area contributed by atoms with Crippen molar-refractivity contribution in [2.45, 2.75) is 25.7 Å². The van der Waals surface area contributed by atoms with Crippen LogP contribution in [0.4, 0.5) is 5.82 Å². The second-order valence-corrected chi connectivity index (χ2v) is 4.98. The molecule has 1 saturated carbocycles. The Hall–Kier alpha value is -0.870. The van der Waals surface area contributed by atoms with E-state index in [4.69, 9.17) is 11.6 Å². The fourth-order valence-electron chi connectivity index (χ4n) is 2.46. The highest BCUT2D eigenvalue weighted by Crippen LogP contribution is 2.29. The highest BCUT2D eigenvalue weighted by molar-refractivity contribution is 6.29. The van der Waals surface area contributed by atoms with Crippen LogP contribution in [0.5, 0.6) is 0 Å². The van der Waals surface area contributed by atoms with E-state index in [0.29, 0.717) is 17.0 Å². The zero-order valence-corrected chi connectivity index (χ0v) is 10.5. The number of hydrogen-bond donors (Lipinski definition) is 2. The maximum absolute atomic E-state index is 9.33. The molecule has 2 rings (SSSR count). The molecule has 0 radical (unpaired) electrons. The maximum Gasteiger partial charge on any atom is 0.134 e. The first-order chi connectivity index (χ1) is 8.29. The minimum absolute atomic E-state index is 0.289. The summed E-state index contributed by atoms with van der Waals surface area (Å²) < 4.78 is 0. The lowest BCUT2D eigenvalue weighted by molar-refractivity contribution is 0.141. The van der Waals surface area contributed by atoms with Crippen molar-refractivity contribution in [1.82, 2.24) is 9.97 Å². The zero-order chi connectivity index (χ0) is 12.1. The van der Waals surface area contributed by atoms with Crippen LogP contribution in [0.2, 0.25) is 5.15 Å². The van der Waals surface area contributed by atoms with Gasteiger partial charge in [0.05, 0.1) is 0 Å². The van der Waals surface area contributed by atoms with Crippen molar-refractivity contribution in [3.05, 3.63) is 17.5 Å². The fraction of sp³-hybridized carbons (Fsp3) is 0.667. The number of anilines is 1. The molecule has 0 aliphatic heterocycles. The van der Waals surface area contributed by atoms with Crippen molar-refractivity contribution < 1.29 is 5.11 Å². The van der Waals surface area contributed by atoms with Crippen LogP contribution in [-0.4, -0.2) is 28.2 Å². The summed E-state index contributed by atoms with van der Waals surface area (Å²) in [4.78, 5) is 7.95. The van der Waals surface area contributed by atoms with Crippen molar-refractivity contribution in [2.24, 2.45) is 11.8 Å². The van der Waals surface area contributed by atoms with Gasteiger partial charge in [0.25, 0.3) is 0 Å². The largest absolute Gasteiger partial charge is 0.396 e. The van der Waals surface area contributed by atoms with Gasteiger partial charge in [0.1, 0.15) is 17.3 Å². The molecule has 1 aromatic heterocycles. The Kier molecular flexibility index (Phi) is 4.57. The van der Waals surface area contributed by atoms with E-state index in [-0.39, 0.29) is 6.61 Å². The highest BCUT2D eigenvalue weighted by atomic mass is 35.5. The number of rotatable bonds is 4. The predicted molar refractivity (Wildman–Crippen MR) is 68.1 cm³/mol. The summed E-state index contributed by atoms with van der Waals surface area (Å²) in [6.07, 6.45) is 6.26. The van der Waals surface area contributed by atoms with Crippen molar-refractivity contribution in [3.63, 3.8) is 0 Å². The lowest BCUT2D eigenvalue weighted by atomic mass is 9.79. The van der Waals surface area contributed by atoms with Crippen LogP contribution >= 0.6 is 11.6 Å². The first-order valence-corrected chi connectivity index (χ1v) is 6.49. The highest BCUT2D eigenvalue weighted by Gasteiger charge is 2.24. The Morgan fingerprint density at radius 1 is 1.29 bits per heavy atom. The average molecular weight is 256 g/mol. The molecule has 1 aromatic rings. The van der Waals surface area contributed by atoms with Gasteiger partial charge in [0.2, 0.25) is 0 Å². The summed E-state index contributed by atoms with van der Waals surface area (Å²) in [5, 5.41) is 13.0. The summed E-state index contributed by atoms with van der Waals surface area (Å²) in [5.41, 5.74) is 0. The number of nitrogens with one attached hydrogen (secondary N) is 1. The molecule has 94 valence electrons. The summed E-state index contributed by atoms with van der Waals surface area (Å²) in [5.74, 6) is 1.71. The SMILES string of the molecule is OCC1CCCCC1CNc1cc(Cl)ncn1. The van der Waals surface area contributed by atoms with E-state index < -0.39 is 0 Å². The maximum atomic E-state index is 9.33. The second kappa shape index (κ2) is 6.17. The van der Waals surface area contributed by atoms with Crippen molar-refractivity contribution in [2.75, 3.05) is 18.5 Å². The first kappa shape index (κ1) is 12.6. The molecule has 0 bridgehead atoms. The van der Waals surface area contributed by atoms with Gasteiger partial charge in [-0.3, -0.25) is 0 Å². The topological polar surface area (TPSA) is 58.0 Å². The van der Waals surface area contributed by atoms with E-state index in [1.807, 2.05) is 0 Å². The molecule has 17 heavy (non-hydrogen) atoms. The molecule has 1 aliphatic rings. The Morgan fingerprint density at radius 2 is 2.06 bits per heavy atom. The third-order valence-corrected chi connectivity index (χ3v) is 3.69. The molecule has 2 atom stereocenters. The van der Waals surface area contributed by atoms with Gasteiger partial charge in [-0.05, 0) is 24.7 Å². The number of aliphatic hydroxyl groups is 1. The Bertz CT molecular complexity index is 361. The van der Waals surface area contributed by atoms with Crippen LogP contribution in [0.1, 0.15) is 25.7 Å². The molecule has 1 aliphatic carbocycles. The van der Waals surface area contributed by atoms with Crippen molar-refractivity contribution in [3.8, 4) is 0 Å². The minimum Gasteiger partial charge on any atom is -0.396 e. The van der Waals surface area contributed by atoms with Crippen molar-refractivity contribution in [1.29, 1.82) is 0 Å². The van der Waals surface area contributed by atoms with E-state index in [9.17, 15) is 5.11 Å². The Balaban J connectivity index is 1.88. The van der Waals surface area contributed by atoms with E-state index in [2.05, 4.69) is 15.3 Å². The normalized spacial score (nSPS) is 24.6. The molecule has 0 aromatic carbocycles. The number of halogens is 1. The van der Waals surface area contributed by atoms with Crippen LogP contribution in [0.3, 0.4) is 0 Å². The molecule has 2 N–H and O–H groups in total. The molecule has 0 spiro atoms. The van der Waals surface area contributed by atoms with Gasteiger partial charge in [0.15, 0.2) is 0 Å². The van der Waals surface area contributed by atoms with Crippen LogP contribution < -0.4 is 5.32 Å². The number of aromatic nitrogens is 2. The smallest absolute Gasteiger partial charge is 0.134 e. The summed E-state index contributed by atoms with van der Waals surface area (Å²) >= 11 is 5.79. The summed E-state index contributed by atoms with van der Waals surface area (Å²) in [6.45, 7) is 1.13. The molecular formula is C12H18ClN3O. The minimum atomic E-state index is 0.289. The monoisotopic (exact) mass is 255 g/mol. The van der Waals surface area contributed by atoms with Crippen LogP contribution in [0, 0.1) is 11.8 Å². The quantitative estimate of drug-likeness (QED) is 0.811. The molecule has 0 amide bonds. The fourth-order valence-corrected chi connectivity index (χ4v) is 2.61. The lowest BCUT2D eigenvalue weighted by Crippen LogP contribution is -2.28. The van der Waals surface area contributed by atoms with Crippen LogP contribution in [0.15, 0.2) is 12.4 Å². The van der Waals surface area contributed by atoms with Crippen LogP contribution in [0.25, 0.3) is 0 Å². The summed E-state index contributed by atoms with van der Waals surface area (Å²) in [6, 6.07) is 1.72.